The Bertz CT molecular complexity index is 1070. The Morgan fingerprint density at radius 3 is 2.62 bits per heavy atom. The SMILES string of the molecule is CC(C)(C)c1cc(NC(=O)/C=C/c2cccc([N+](=O)[O-])c2)n(-c2ccccn2)n1. The predicted molar refractivity (Wildman–Crippen MR) is 111 cm³/mol. The van der Waals surface area contributed by atoms with Crippen LogP contribution < -0.4 is 5.32 Å². The van der Waals surface area contributed by atoms with Gasteiger partial charge < -0.3 is 5.32 Å². The monoisotopic (exact) mass is 391 g/mol. The average molecular weight is 391 g/mol. The number of hydrogen-bond donors (Lipinski definition) is 1. The third-order valence-electron chi connectivity index (χ3n) is 4.10. The van der Waals surface area contributed by atoms with Crippen molar-refractivity contribution < 1.29 is 9.72 Å². The van der Waals surface area contributed by atoms with Crippen molar-refractivity contribution >= 4 is 23.5 Å². The predicted octanol–water partition coefficient (Wildman–Crippen LogP) is 4.12. The van der Waals surface area contributed by atoms with E-state index in [4.69, 9.17) is 0 Å². The highest BCUT2D eigenvalue weighted by molar-refractivity contribution is 6.01. The molecule has 0 unspecified atom stereocenters. The van der Waals surface area contributed by atoms with Gasteiger partial charge >= 0.3 is 0 Å². The van der Waals surface area contributed by atoms with Crippen LogP contribution in [0.25, 0.3) is 11.9 Å². The quantitative estimate of drug-likeness (QED) is 0.400. The van der Waals surface area contributed by atoms with Crippen LogP contribution in [-0.4, -0.2) is 25.6 Å². The van der Waals surface area contributed by atoms with Crippen molar-refractivity contribution in [2.45, 2.75) is 26.2 Å². The lowest BCUT2D eigenvalue weighted by molar-refractivity contribution is -0.384. The van der Waals surface area contributed by atoms with Crippen molar-refractivity contribution in [2.24, 2.45) is 0 Å². The summed E-state index contributed by atoms with van der Waals surface area (Å²) in [6.45, 7) is 6.10. The van der Waals surface area contributed by atoms with Crippen LogP contribution >= 0.6 is 0 Å². The lowest BCUT2D eigenvalue weighted by atomic mass is 9.92. The van der Waals surface area contributed by atoms with Crippen LogP contribution in [0.2, 0.25) is 0 Å². The third-order valence-corrected chi connectivity index (χ3v) is 4.10. The zero-order valence-electron chi connectivity index (χ0n) is 16.4. The van der Waals surface area contributed by atoms with E-state index in [1.807, 2.05) is 32.9 Å². The Kier molecular flexibility index (Phi) is 5.54. The van der Waals surface area contributed by atoms with Crippen LogP contribution in [-0.2, 0) is 10.2 Å². The fourth-order valence-electron chi connectivity index (χ4n) is 2.57. The molecule has 2 aromatic heterocycles. The summed E-state index contributed by atoms with van der Waals surface area (Å²) in [4.78, 5) is 27.2. The number of non-ortho nitro benzene ring substituents is 1. The highest BCUT2D eigenvalue weighted by Gasteiger charge is 2.21. The number of nitro benzene ring substituents is 1. The number of carbonyl (C=O) groups is 1. The maximum Gasteiger partial charge on any atom is 0.270 e. The molecule has 0 radical (unpaired) electrons. The molecule has 0 spiro atoms. The van der Waals surface area contributed by atoms with E-state index in [9.17, 15) is 14.9 Å². The van der Waals surface area contributed by atoms with Crippen LogP contribution in [0.4, 0.5) is 11.5 Å². The van der Waals surface area contributed by atoms with E-state index in [1.54, 1.807) is 35.1 Å². The minimum absolute atomic E-state index is 0.0318. The number of carbonyl (C=O) groups excluding carboxylic acids is 1. The summed E-state index contributed by atoms with van der Waals surface area (Å²) in [7, 11) is 0. The molecule has 148 valence electrons. The molecule has 2 heterocycles. The maximum absolute atomic E-state index is 12.5. The van der Waals surface area contributed by atoms with Crippen LogP contribution in [0.15, 0.2) is 60.8 Å². The summed E-state index contributed by atoms with van der Waals surface area (Å²) in [6.07, 6.45) is 4.50. The molecule has 0 bridgehead atoms. The normalized spacial score (nSPS) is 11.6. The number of benzene rings is 1. The molecule has 8 nitrogen and oxygen atoms in total. The zero-order chi connectivity index (χ0) is 21.0. The van der Waals surface area contributed by atoms with Crippen molar-refractivity contribution in [2.75, 3.05) is 5.32 Å². The molecule has 0 saturated heterocycles. The summed E-state index contributed by atoms with van der Waals surface area (Å²) in [5.74, 6) is 0.692. The van der Waals surface area contributed by atoms with E-state index >= 15 is 0 Å². The number of pyridine rings is 1. The number of amides is 1. The molecule has 0 fully saturated rings. The van der Waals surface area contributed by atoms with Gasteiger partial charge in [-0.25, -0.2) is 4.98 Å². The fourth-order valence-corrected chi connectivity index (χ4v) is 2.57. The van der Waals surface area contributed by atoms with Gasteiger partial charge in [-0.15, -0.1) is 0 Å². The Morgan fingerprint density at radius 2 is 1.97 bits per heavy atom. The van der Waals surface area contributed by atoms with Crippen LogP contribution in [0.3, 0.4) is 0 Å². The molecule has 8 heteroatoms. The summed E-state index contributed by atoms with van der Waals surface area (Å²) >= 11 is 0. The lowest BCUT2D eigenvalue weighted by Crippen LogP contribution is -2.13. The highest BCUT2D eigenvalue weighted by atomic mass is 16.6. The summed E-state index contributed by atoms with van der Waals surface area (Å²) in [6, 6.07) is 13.3. The standard InChI is InChI=1S/C21H21N5O3/c1-21(2,3)17-14-19(25(24-17)18-9-4-5-12-22-18)23-20(27)11-10-15-7-6-8-16(13-15)26(28)29/h4-14H,1-3H3,(H,23,27)/b11-10+. The molecule has 0 aliphatic carbocycles. The number of nitrogens with one attached hydrogen (secondary N) is 1. The Labute approximate surface area is 168 Å². The topological polar surface area (TPSA) is 103 Å². The summed E-state index contributed by atoms with van der Waals surface area (Å²) in [5.41, 5.74) is 1.12. The highest BCUT2D eigenvalue weighted by Crippen LogP contribution is 2.25. The molecule has 0 saturated carbocycles. The molecule has 1 aromatic carbocycles. The molecule has 0 aliphatic heterocycles. The van der Waals surface area contributed by atoms with Crippen molar-refractivity contribution in [1.82, 2.24) is 14.8 Å². The molecule has 3 aromatic rings. The molecule has 1 N–H and O–H groups in total. The van der Waals surface area contributed by atoms with Gasteiger partial charge in [0.15, 0.2) is 5.82 Å². The van der Waals surface area contributed by atoms with E-state index in [2.05, 4.69) is 15.4 Å². The number of anilines is 1. The first kappa shape index (κ1) is 19.9. The van der Waals surface area contributed by atoms with E-state index < -0.39 is 4.92 Å². The molecule has 1 amide bonds. The lowest BCUT2D eigenvalue weighted by Gasteiger charge is -2.13. The Morgan fingerprint density at radius 1 is 1.17 bits per heavy atom. The fraction of sp³-hybridized carbons (Fsp3) is 0.190. The number of nitro groups is 1. The maximum atomic E-state index is 12.5. The van der Waals surface area contributed by atoms with Crippen molar-refractivity contribution in [3.05, 3.63) is 82.2 Å². The Balaban J connectivity index is 1.85. The van der Waals surface area contributed by atoms with Gasteiger partial charge in [0.2, 0.25) is 5.91 Å². The second-order valence-corrected chi connectivity index (χ2v) is 7.44. The Hall–Kier alpha value is -3.81. The molecule has 0 atom stereocenters. The van der Waals surface area contributed by atoms with Crippen molar-refractivity contribution in [3.8, 4) is 5.82 Å². The first-order valence-electron chi connectivity index (χ1n) is 8.99. The van der Waals surface area contributed by atoms with Gasteiger partial charge in [0.05, 0.1) is 10.6 Å². The van der Waals surface area contributed by atoms with Gasteiger partial charge in [-0.1, -0.05) is 39.0 Å². The average Bonchev–Trinajstić information content (AvgIpc) is 3.11. The number of aromatic nitrogens is 3. The van der Waals surface area contributed by atoms with Crippen LogP contribution in [0.1, 0.15) is 32.0 Å². The molecule has 3 rings (SSSR count). The molecular weight excluding hydrogens is 370 g/mol. The van der Waals surface area contributed by atoms with Gasteiger partial charge in [-0.05, 0) is 23.8 Å². The van der Waals surface area contributed by atoms with Crippen LogP contribution in [0, 0.1) is 10.1 Å². The minimum Gasteiger partial charge on any atom is -0.307 e. The van der Waals surface area contributed by atoms with Gasteiger partial charge in [0.25, 0.3) is 5.69 Å². The number of hydrogen-bond acceptors (Lipinski definition) is 5. The third kappa shape index (κ3) is 4.92. The summed E-state index contributed by atoms with van der Waals surface area (Å²) < 4.78 is 1.58. The smallest absolute Gasteiger partial charge is 0.270 e. The van der Waals surface area contributed by atoms with E-state index in [-0.39, 0.29) is 17.0 Å². The second-order valence-electron chi connectivity index (χ2n) is 7.44. The van der Waals surface area contributed by atoms with Gasteiger partial charge in [-0.3, -0.25) is 14.9 Å². The number of rotatable bonds is 5. The number of nitrogens with zero attached hydrogens (tertiary/aromatic N) is 4. The van der Waals surface area contributed by atoms with E-state index in [1.165, 1.54) is 24.3 Å². The molecule has 0 aliphatic rings. The van der Waals surface area contributed by atoms with E-state index in [0.717, 1.165) is 5.69 Å². The first-order valence-corrected chi connectivity index (χ1v) is 8.99. The minimum atomic E-state index is -0.475. The van der Waals surface area contributed by atoms with Crippen molar-refractivity contribution in [1.29, 1.82) is 0 Å². The largest absolute Gasteiger partial charge is 0.307 e. The first-order chi connectivity index (χ1) is 13.7. The summed E-state index contributed by atoms with van der Waals surface area (Å²) in [5, 5.41) is 18.3. The van der Waals surface area contributed by atoms with E-state index in [0.29, 0.717) is 17.2 Å². The second kappa shape index (κ2) is 8.05. The van der Waals surface area contributed by atoms with Crippen molar-refractivity contribution in [3.63, 3.8) is 0 Å². The van der Waals surface area contributed by atoms with Gasteiger partial charge in [-0.2, -0.15) is 9.78 Å². The van der Waals surface area contributed by atoms with Gasteiger partial charge in [0.1, 0.15) is 5.82 Å². The van der Waals surface area contributed by atoms with Gasteiger partial charge in [0, 0.05) is 35.9 Å². The zero-order valence-corrected chi connectivity index (χ0v) is 16.4. The molecule has 29 heavy (non-hydrogen) atoms. The molecular formula is C21H21N5O3. The van der Waals surface area contributed by atoms with Crippen LogP contribution in [0.5, 0.6) is 0 Å².